The molecule has 0 bridgehead atoms. The van der Waals surface area contributed by atoms with Gasteiger partial charge in [-0.05, 0) is 44.9 Å². The number of aromatic carboxylic acids is 1. The van der Waals surface area contributed by atoms with Crippen LogP contribution in [0.1, 0.15) is 49.0 Å². The molecule has 5 nitrogen and oxygen atoms in total. The van der Waals surface area contributed by atoms with Gasteiger partial charge in [-0.3, -0.25) is 0 Å². The molecular weight excluding hydrogens is 301 g/mol. The van der Waals surface area contributed by atoms with Gasteiger partial charge in [0.1, 0.15) is 11.8 Å². The zero-order valence-corrected chi connectivity index (χ0v) is 13.6. The third-order valence-electron chi connectivity index (χ3n) is 3.75. The lowest BCUT2D eigenvalue weighted by Gasteiger charge is -2.35. The van der Waals surface area contributed by atoms with Gasteiger partial charge >= 0.3 is 12.1 Å². The molecule has 0 radical (unpaired) electrons. The van der Waals surface area contributed by atoms with Gasteiger partial charge in [0.05, 0.1) is 12.1 Å². The van der Waals surface area contributed by atoms with E-state index in [-0.39, 0.29) is 12.1 Å². The van der Waals surface area contributed by atoms with Crippen molar-refractivity contribution in [2.75, 3.05) is 13.1 Å². The Bertz CT molecular complexity index is 597. The number of hydrogen-bond donors (Lipinski definition) is 1. The van der Waals surface area contributed by atoms with E-state index in [1.54, 1.807) is 32.9 Å². The van der Waals surface area contributed by atoms with Crippen LogP contribution in [0.5, 0.6) is 0 Å². The fourth-order valence-corrected chi connectivity index (χ4v) is 2.67. The van der Waals surface area contributed by atoms with Crippen LogP contribution in [0.4, 0.5) is 9.18 Å². The minimum Gasteiger partial charge on any atom is -0.478 e. The van der Waals surface area contributed by atoms with Crippen molar-refractivity contribution in [3.8, 4) is 0 Å². The van der Waals surface area contributed by atoms with E-state index in [1.807, 2.05) is 0 Å². The molecule has 1 amide bonds. The molecule has 1 aliphatic heterocycles. The van der Waals surface area contributed by atoms with Crippen LogP contribution in [0.25, 0.3) is 0 Å². The van der Waals surface area contributed by atoms with Crippen molar-refractivity contribution in [3.63, 3.8) is 0 Å². The minimum atomic E-state index is -1.25. The van der Waals surface area contributed by atoms with E-state index in [4.69, 9.17) is 9.84 Å². The van der Waals surface area contributed by atoms with Gasteiger partial charge in [0.15, 0.2) is 0 Å². The van der Waals surface area contributed by atoms with E-state index in [9.17, 15) is 14.0 Å². The summed E-state index contributed by atoms with van der Waals surface area (Å²) in [5, 5.41) is 9.03. The van der Waals surface area contributed by atoms with Crippen LogP contribution in [0.2, 0.25) is 0 Å². The second-order valence-corrected chi connectivity index (χ2v) is 6.77. The number of piperidine rings is 1. The highest BCUT2D eigenvalue weighted by molar-refractivity contribution is 5.87. The highest BCUT2D eigenvalue weighted by atomic mass is 19.1. The summed E-state index contributed by atoms with van der Waals surface area (Å²) in [4.78, 5) is 24.4. The fraction of sp³-hybridized carbons (Fsp3) is 0.529. The summed E-state index contributed by atoms with van der Waals surface area (Å²) in [7, 11) is 0. The predicted octanol–water partition coefficient (Wildman–Crippen LogP) is 3.45. The highest BCUT2D eigenvalue weighted by Crippen LogP contribution is 2.31. The van der Waals surface area contributed by atoms with E-state index in [0.717, 1.165) is 0 Å². The number of benzene rings is 1. The van der Waals surface area contributed by atoms with E-state index < -0.39 is 29.8 Å². The lowest BCUT2D eigenvalue weighted by atomic mass is 9.87. The van der Waals surface area contributed by atoms with Crippen molar-refractivity contribution >= 4 is 12.1 Å². The lowest BCUT2D eigenvalue weighted by molar-refractivity contribution is 0.0111. The van der Waals surface area contributed by atoms with Crippen LogP contribution < -0.4 is 0 Å². The standard InChI is InChI=1S/C17H22FNO4/c1-17(2,3)23-16(22)19-8-7-13(14(18)10-19)11-5-4-6-12(9-11)15(20)21/h4-6,9,13-14H,7-8,10H2,1-3H3,(H,20,21). The normalized spacial score (nSPS) is 21.8. The Kier molecular flexibility index (Phi) is 4.92. The number of ether oxygens (including phenoxy) is 1. The van der Waals surface area contributed by atoms with Gasteiger partial charge < -0.3 is 14.7 Å². The average molecular weight is 323 g/mol. The topological polar surface area (TPSA) is 66.8 Å². The molecule has 1 aliphatic rings. The molecule has 2 rings (SSSR count). The summed E-state index contributed by atoms with van der Waals surface area (Å²) in [6.45, 7) is 5.64. The zero-order valence-electron chi connectivity index (χ0n) is 13.6. The maximum atomic E-state index is 14.5. The van der Waals surface area contributed by atoms with Gasteiger partial charge in [0.2, 0.25) is 0 Å². The van der Waals surface area contributed by atoms with Crippen molar-refractivity contribution in [2.45, 2.75) is 44.9 Å². The molecular formula is C17H22FNO4. The van der Waals surface area contributed by atoms with E-state index in [0.29, 0.717) is 18.5 Å². The first kappa shape index (κ1) is 17.2. The van der Waals surface area contributed by atoms with Crippen molar-refractivity contribution in [2.24, 2.45) is 0 Å². The molecule has 1 aromatic rings. The van der Waals surface area contributed by atoms with Gasteiger partial charge in [-0.15, -0.1) is 0 Å². The van der Waals surface area contributed by atoms with E-state index in [1.165, 1.54) is 17.0 Å². The Hall–Kier alpha value is -2.11. The molecule has 0 saturated carbocycles. The number of nitrogens with zero attached hydrogens (tertiary/aromatic N) is 1. The summed E-state index contributed by atoms with van der Waals surface area (Å²) in [6, 6.07) is 6.33. The largest absolute Gasteiger partial charge is 0.478 e. The van der Waals surface area contributed by atoms with Crippen molar-refractivity contribution in [3.05, 3.63) is 35.4 Å². The Morgan fingerprint density at radius 1 is 1.35 bits per heavy atom. The number of amides is 1. The summed E-state index contributed by atoms with van der Waals surface area (Å²) in [5.41, 5.74) is 0.181. The number of alkyl halides is 1. The molecule has 1 aromatic carbocycles. The fourth-order valence-electron chi connectivity index (χ4n) is 2.67. The molecule has 1 saturated heterocycles. The van der Waals surface area contributed by atoms with Crippen molar-refractivity contribution in [1.82, 2.24) is 4.90 Å². The molecule has 1 N–H and O–H groups in total. The Labute approximate surface area is 135 Å². The molecule has 126 valence electrons. The van der Waals surface area contributed by atoms with E-state index >= 15 is 0 Å². The Balaban J connectivity index is 2.06. The average Bonchev–Trinajstić information content (AvgIpc) is 2.45. The van der Waals surface area contributed by atoms with Gasteiger partial charge in [0, 0.05) is 12.5 Å². The highest BCUT2D eigenvalue weighted by Gasteiger charge is 2.34. The summed E-state index contributed by atoms with van der Waals surface area (Å²) in [5.74, 6) is -1.44. The predicted molar refractivity (Wildman–Crippen MR) is 83.5 cm³/mol. The van der Waals surface area contributed by atoms with Crippen LogP contribution >= 0.6 is 0 Å². The summed E-state index contributed by atoms with van der Waals surface area (Å²) < 4.78 is 19.8. The second kappa shape index (κ2) is 6.56. The number of carboxylic acid groups (broad SMARTS) is 1. The third kappa shape index (κ3) is 4.43. The molecule has 1 fully saturated rings. The minimum absolute atomic E-state index is 0.0448. The monoisotopic (exact) mass is 323 g/mol. The van der Waals surface area contributed by atoms with Gasteiger partial charge in [-0.1, -0.05) is 12.1 Å². The third-order valence-corrected chi connectivity index (χ3v) is 3.75. The molecule has 0 aliphatic carbocycles. The maximum absolute atomic E-state index is 14.5. The molecule has 0 aromatic heterocycles. The molecule has 2 atom stereocenters. The SMILES string of the molecule is CC(C)(C)OC(=O)N1CCC(c2cccc(C(=O)O)c2)C(F)C1. The molecule has 6 heteroatoms. The summed E-state index contributed by atoms with van der Waals surface area (Å²) >= 11 is 0. The van der Waals surface area contributed by atoms with Crippen LogP contribution in [0.3, 0.4) is 0 Å². The van der Waals surface area contributed by atoms with Crippen LogP contribution in [-0.4, -0.2) is 46.9 Å². The quantitative estimate of drug-likeness (QED) is 0.905. The first-order chi connectivity index (χ1) is 10.7. The number of halogens is 1. The van der Waals surface area contributed by atoms with Gasteiger partial charge in [0.25, 0.3) is 0 Å². The van der Waals surface area contributed by atoms with Crippen molar-refractivity contribution in [1.29, 1.82) is 0 Å². The van der Waals surface area contributed by atoms with E-state index in [2.05, 4.69) is 0 Å². The molecule has 1 heterocycles. The number of carbonyl (C=O) groups excluding carboxylic acids is 1. The van der Waals surface area contributed by atoms with Gasteiger partial charge in [-0.25, -0.2) is 14.0 Å². The van der Waals surface area contributed by atoms with Gasteiger partial charge in [-0.2, -0.15) is 0 Å². The van der Waals surface area contributed by atoms with Crippen molar-refractivity contribution < 1.29 is 23.8 Å². The number of rotatable bonds is 2. The van der Waals surface area contributed by atoms with Crippen LogP contribution in [-0.2, 0) is 4.74 Å². The molecule has 23 heavy (non-hydrogen) atoms. The van der Waals surface area contributed by atoms with Crippen LogP contribution in [0, 0.1) is 0 Å². The van der Waals surface area contributed by atoms with Crippen LogP contribution in [0.15, 0.2) is 24.3 Å². The number of carboxylic acids is 1. The number of likely N-dealkylation sites (tertiary alicyclic amines) is 1. The Morgan fingerprint density at radius 3 is 2.61 bits per heavy atom. The first-order valence-electron chi connectivity index (χ1n) is 7.62. The number of carbonyl (C=O) groups is 2. The molecule has 0 spiro atoms. The lowest BCUT2D eigenvalue weighted by Crippen LogP contribution is -2.46. The number of hydrogen-bond acceptors (Lipinski definition) is 3. The first-order valence-corrected chi connectivity index (χ1v) is 7.62. The second-order valence-electron chi connectivity index (χ2n) is 6.77. The maximum Gasteiger partial charge on any atom is 0.410 e. The zero-order chi connectivity index (χ0) is 17.2. The Morgan fingerprint density at radius 2 is 2.04 bits per heavy atom. The molecule has 2 unspecified atom stereocenters. The smallest absolute Gasteiger partial charge is 0.410 e. The summed E-state index contributed by atoms with van der Waals surface area (Å²) in [6.07, 6.45) is -1.33.